The van der Waals surface area contributed by atoms with Crippen LogP contribution in [0, 0.1) is 5.82 Å². The van der Waals surface area contributed by atoms with Crippen LogP contribution >= 0.6 is 0 Å². The molecule has 0 aliphatic carbocycles. The molecule has 1 heterocycles. The number of rotatable bonds is 6. The number of para-hydroxylation sites is 2. The number of carbonyl (C=O) groups excluding carboxylic acids is 1. The van der Waals surface area contributed by atoms with E-state index >= 15 is 0 Å². The Morgan fingerprint density at radius 1 is 0.926 bits per heavy atom. The van der Waals surface area contributed by atoms with Gasteiger partial charge in [0.1, 0.15) is 12.4 Å². The first kappa shape index (κ1) is 18.7. The summed E-state index contributed by atoms with van der Waals surface area (Å²) >= 11 is 0. The van der Waals surface area contributed by atoms with Gasteiger partial charge in [-0.1, -0.05) is 30.3 Å². The van der Waals surface area contributed by atoms with Crippen molar-refractivity contribution in [3.63, 3.8) is 0 Å². The van der Waals surface area contributed by atoms with E-state index in [4.69, 9.17) is 5.11 Å². The van der Waals surface area contributed by atoms with E-state index in [0.29, 0.717) is 37.6 Å². The molecule has 1 N–H and O–H groups in total. The number of carbonyl (C=O) groups is 2. The molecule has 0 aromatic heterocycles. The van der Waals surface area contributed by atoms with Crippen LogP contribution < -0.4 is 9.80 Å². The summed E-state index contributed by atoms with van der Waals surface area (Å²) in [5, 5.41) is 9.15. The summed E-state index contributed by atoms with van der Waals surface area (Å²) < 4.78 is 13.9. The molecule has 1 fully saturated rings. The Morgan fingerprint density at radius 3 is 2.19 bits per heavy atom. The van der Waals surface area contributed by atoms with Gasteiger partial charge in [0.05, 0.1) is 12.2 Å². The molecule has 1 amide bonds. The SMILES string of the molecule is O=C(O)CN(CC(=O)N1CCN(c2ccccc2F)CC1)c1ccccc1. The van der Waals surface area contributed by atoms with Gasteiger partial charge in [0, 0.05) is 31.9 Å². The standard InChI is InChI=1S/C20H22FN3O3/c21-17-8-4-5-9-18(17)22-10-12-23(13-11-22)19(25)14-24(15-20(26)27)16-6-2-1-3-7-16/h1-9H,10-15H2,(H,26,27). The first-order valence-electron chi connectivity index (χ1n) is 8.83. The molecule has 0 spiro atoms. The number of hydrogen-bond acceptors (Lipinski definition) is 4. The number of hydrogen-bond donors (Lipinski definition) is 1. The molecule has 1 aliphatic heterocycles. The number of piperazine rings is 1. The zero-order valence-corrected chi connectivity index (χ0v) is 14.9. The first-order valence-corrected chi connectivity index (χ1v) is 8.83. The van der Waals surface area contributed by atoms with Crippen LogP contribution in [0.15, 0.2) is 54.6 Å². The van der Waals surface area contributed by atoms with Gasteiger partial charge < -0.3 is 19.8 Å². The molecular weight excluding hydrogens is 349 g/mol. The third-order valence-electron chi connectivity index (χ3n) is 4.60. The van der Waals surface area contributed by atoms with E-state index in [-0.39, 0.29) is 24.8 Å². The predicted octanol–water partition coefficient (Wildman–Crippen LogP) is 2.07. The Labute approximate surface area is 157 Å². The first-order chi connectivity index (χ1) is 13.0. The smallest absolute Gasteiger partial charge is 0.323 e. The molecular formula is C20H22FN3O3. The lowest BCUT2D eigenvalue weighted by Crippen LogP contribution is -2.52. The summed E-state index contributed by atoms with van der Waals surface area (Å²) in [7, 11) is 0. The topological polar surface area (TPSA) is 64.1 Å². The summed E-state index contributed by atoms with van der Waals surface area (Å²) in [5.41, 5.74) is 1.24. The Hall–Kier alpha value is -3.09. The van der Waals surface area contributed by atoms with Gasteiger partial charge in [0.25, 0.3) is 0 Å². The highest BCUT2D eigenvalue weighted by molar-refractivity contribution is 5.84. The summed E-state index contributed by atoms with van der Waals surface area (Å²) in [6.45, 7) is 1.78. The van der Waals surface area contributed by atoms with Crippen LogP contribution in [0.1, 0.15) is 0 Å². The maximum absolute atomic E-state index is 13.9. The normalized spacial score (nSPS) is 14.1. The maximum Gasteiger partial charge on any atom is 0.323 e. The number of anilines is 2. The van der Waals surface area contributed by atoms with Crippen molar-refractivity contribution in [2.75, 3.05) is 49.1 Å². The van der Waals surface area contributed by atoms with Crippen molar-refractivity contribution in [3.8, 4) is 0 Å². The molecule has 7 heteroatoms. The lowest BCUT2D eigenvalue weighted by molar-refractivity contribution is -0.135. The summed E-state index contributed by atoms with van der Waals surface area (Å²) in [6, 6.07) is 15.6. The number of benzene rings is 2. The molecule has 6 nitrogen and oxygen atoms in total. The van der Waals surface area contributed by atoms with Gasteiger partial charge in [-0.2, -0.15) is 0 Å². The van der Waals surface area contributed by atoms with Crippen molar-refractivity contribution in [2.45, 2.75) is 0 Å². The van der Waals surface area contributed by atoms with E-state index in [0.717, 1.165) is 0 Å². The van der Waals surface area contributed by atoms with Gasteiger partial charge in [-0.05, 0) is 24.3 Å². The Bertz CT molecular complexity index is 792. The van der Waals surface area contributed by atoms with Crippen LogP contribution in [0.5, 0.6) is 0 Å². The van der Waals surface area contributed by atoms with Crippen molar-refractivity contribution in [1.82, 2.24) is 4.90 Å². The van der Waals surface area contributed by atoms with Crippen LogP contribution in [0.4, 0.5) is 15.8 Å². The monoisotopic (exact) mass is 371 g/mol. The van der Waals surface area contributed by atoms with E-state index in [1.165, 1.54) is 6.07 Å². The van der Waals surface area contributed by atoms with Gasteiger partial charge in [-0.15, -0.1) is 0 Å². The van der Waals surface area contributed by atoms with E-state index < -0.39 is 5.97 Å². The summed E-state index contributed by atoms with van der Waals surface area (Å²) in [4.78, 5) is 29.0. The van der Waals surface area contributed by atoms with E-state index in [1.54, 1.807) is 40.1 Å². The van der Waals surface area contributed by atoms with Crippen LogP contribution in [-0.2, 0) is 9.59 Å². The lowest BCUT2D eigenvalue weighted by Gasteiger charge is -2.37. The fourth-order valence-electron chi connectivity index (χ4n) is 3.21. The maximum atomic E-state index is 13.9. The minimum Gasteiger partial charge on any atom is -0.480 e. The summed E-state index contributed by atoms with van der Waals surface area (Å²) in [6.07, 6.45) is 0. The van der Waals surface area contributed by atoms with Gasteiger partial charge in [0.15, 0.2) is 0 Å². The largest absolute Gasteiger partial charge is 0.480 e. The molecule has 2 aromatic rings. The minimum atomic E-state index is -0.990. The van der Waals surface area contributed by atoms with Crippen molar-refractivity contribution in [2.24, 2.45) is 0 Å². The second kappa shape index (κ2) is 8.53. The molecule has 0 atom stereocenters. The van der Waals surface area contributed by atoms with Gasteiger partial charge in [-0.3, -0.25) is 9.59 Å². The second-order valence-electron chi connectivity index (χ2n) is 6.40. The molecule has 2 aromatic carbocycles. The lowest BCUT2D eigenvalue weighted by atomic mass is 10.2. The van der Waals surface area contributed by atoms with Crippen LogP contribution in [0.3, 0.4) is 0 Å². The van der Waals surface area contributed by atoms with Crippen LogP contribution in [0.2, 0.25) is 0 Å². The summed E-state index contributed by atoms with van der Waals surface area (Å²) in [5.74, 6) is -1.39. The van der Waals surface area contributed by atoms with Crippen molar-refractivity contribution < 1.29 is 19.1 Å². The molecule has 27 heavy (non-hydrogen) atoms. The van der Waals surface area contributed by atoms with E-state index in [2.05, 4.69) is 0 Å². The Morgan fingerprint density at radius 2 is 1.56 bits per heavy atom. The quantitative estimate of drug-likeness (QED) is 0.842. The number of amides is 1. The highest BCUT2D eigenvalue weighted by Gasteiger charge is 2.24. The molecule has 3 rings (SSSR count). The van der Waals surface area contributed by atoms with Gasteiger partial charge >= 0.3 is 5.97 Å². The van der Waals surface area contributed by atoms with Crippen LogP contribution in [-0.4, -0.2) is 61.2 Å². The number of halogens is 1. The number of carboxylic acid groups (broad SMARTS) is 1. The number of aliphatic carboxylic acids is 1. The molecule has 1 saturated heterocycles. The zero-order valence-electron chi connectivity index (χ0n) is 14.9. The highest BCUT2D eigenvalue weighted by Crippen LogP contribution is 2.20. The van der Waals surface area contributed by atoms with Crippen molar-refractivity contribution >= 4 is 23.3 Å². The van der Waals surface area contributed by atoms with Crippen molar-refractivity contribution in [3.05, 3.63) is 60.4 Å². The Kier molecular flexibility index (Phi) is 5.90. The average Bonchev–Trinajstić information content (AvgIpc) is 2.68. The third-order valence-corrected chi connectivity index (χ3v) is 4.60. The highest BCUT2D eigenvalue weighted by atomic mass is 19.1. The molecule has 142 valence electrons. The number of carboxylic acids is 1. The van der Waals surface area contributed by atoms with Crippen LogP contribution in [0.25, 0.3) is 0 Å². The van der Waals surface area contributed by atoms with E-state index in [1.807, 2.05) is 23.1 Å². The minimum absolute atomic E-state index is 0.00396. The van der Waals surface area contributed by atoms with Crippen molar-refractivity contribution in [1.29, 1.82) is 0 Å². The Balaban J connectivity index is 1.61. The van der Waals surface area contributed by atoms with Gasteiger partial charge in [0.2, 0.25) is 5.91 Å². The fourth-order valence-corrected chi connectivity index (χ4v) is 3.21. The zero-order chi connectivity index (χ0) is 19.2. The molecule has 0 radical (unpaired) electrons. The molecule has 0 saturated carbocycles. The van der Waals surface area contributed by atoms with E-state index in [9.17, 15) is 14.0 Å². The molecule has 1 aliphatic rings. The third kappa shape index (κ3) is 4.75. The predicted molar refractivity (Wildman–Crippen MR) is 101 cm³/mol. The van der Waals surface area contributed by atoms with Gasteiger partial charge in [-0.25, -0.2) is 4.39 Å². The average molecular weight is 371 g/mol. The molecule has 0 bridgehead atoms. The second-order valence-corrected chi connectivity index (χ2v) is 6.40. The molecule has 0 unspecified atom stereocenters. The number of nitrogens with zero attached hydrogens (tertiary/aromatic N) is 3. The fraction of sp³-hybridized carbons (Fsp3) is 0.300.